The van der Waals surface area contributed by atoms with E-state index in [1.807, 2.05) is 0 Å². The zero-order valence-corrected chi connectivity index (χ0v) is 11.9. The molecule has 1 nitrogen and oxygen atoms in total. The van der Waals surface area contributed by atoms with E-state index in [0.29, 0.717) is 18.8 Å². The highest BCUT2D eigenvalue weighted by Crippen LogP contribution is 2.40. The summed E-state index contributed by atoms with van der Waals surface area (Å²) in [5.41, 5.74) is 0. The Balaban J connectivity index is 2.12. The molecule has 0 heterocycles. The summed E-state index contributed by atoms with van der Waals surface area (Å²) < 4.78 is 31.0. The summed E-state index contributed by atoms with van der Waals surface area (Å²) in [5, 5.41) is 0. The molecular formula is C15H28F2O. The molecule has 0 atom stereocenters. The number of hydrogen-bond donors (Lipinski definition) is 0. The van der Waals surface area contributed by atoms with Crippen LogP contribution in [0.3, 0.4) is 0 Å². The van der Waals surface area contributed by atoms with Crippen LogP contribution >= 0.6 is 0 Å². The van der Waals surface area contributed by atoms with Gasteiger partial charge in [0.05, 0.1) is 5.92 Å². The smallest absolute Gasteiger partial charge is 0.324 e. The van der Waals surface area contributed by atoms with E-state index in [2.05, 4.69) is 11.7 Å². The number of rotatable bonds is 8. The molecule has 1 fully saturated rings. The topological polar surface area (TPSA) is 9.23 Å². The van der Waals surface area contributed by atoms with Crippen LogP contribution in [0.4, 0.5) is 8.78 Å². The van der Waals surface area contributed by atoms with Crippen LogP contribution < -0.4 is 0 Å². The van der Waals surface area contributed by atoms with Crippen LogP contribution in [0.25, 0.3) is 0 Å². The lowest BCUT2D eigenvalue weighted by atomic mass is 9.79. The predicted octanol–water partition coefficient (Wildman–Crippen LogP) is 5.39. The van der Waals surface area contributed by atoms with E-state index in [-0.39, 0.29) is 0 Å². The molecule has 0 bridgehead atoms. The maximum atomic E-state index is 13.3. The standard InChI is InChI=1S/C15H28F2O/c1-3-4-5-6-7-8-13-9-11-14(12-10-13)15(16,17)18-2/h13-14H,3-12H2,1-2H3. The number of alkyl halides is 2. The van der Waals surface area contributed by atoms with Gasteiger partial charge in [-0.1, -0.05) is 45.4 Å². The van der Waals surface area contributed by atoms with Gasteiger partial charge in [-0.25, -0.2) is 0 Å². The third-order valence-corrected chi connectivity index (χ3v) is 4.31. The molecule has 0 saturated heterocycles. The molecule has 1 saturated carbocycles. The van der Waals surface area contributed by atoms with Crippen LogP contribution in [0.5, 0.6) is 0 Å². The zero-order chi connectivity index (χ0) is 13.4. The van der Waals surface area contributed by atoms with Crippen molar-refractivity contribution in [1.82, 2.24) is 0 Å². The van der Waals surface area contributed by atoms with Crippen molar-refractivity contribution in [2.75, 3.05) is 7.11 Å². The Morgan fingerprint density at radius 3 is 2.17 bits per heavy atom. The van der Waals surface area contributed by atoms with Crippen molar-refractivity contribution in [1.29, 1.82) is 0 Å². The molecule has 0 N–H and O–H groups in total. The third kappa shape index (κ3) is 5.21. The fraction of sp³-hybridized carbons (Fsp3) is 1.00. The van der Waals surface area contributed by atoms with E-state index in [1.54, 1.807) is 0 Å². The van der Waals surface area contributed by atoms with Crippen LogP contribution in [-0.2, 0) is 4.74 Å². The number of halogens is 2. The molecule has 0 unspecified atom stereocenters. The summed E-state index contributed by atoms with van der Waals surface area (Å²) in [4.78, 5) is 0. The van der Waals surface area contributed by atoms with Crippen molar-refractivity contribution in [3.05, 3.63) is 0 Å². The number of methoxy groups -OCH3 is 1. The number of unbranched alkanes of at least 4 members (excludes halogenated alkanes) is 4. The highest BCUT2D eigenvalue weighted by atomic mass is 19.3. The molecule has 0 amide bonds. The molecule has 18 heavy (non-hydrogen) atoms. The SMILES string of the molecule is CCCCCCCC1CCC(C(F)(F)OC)CC1. The highest BCUT2D eigenvalue weighted by Gasteiger charge is 2.41. The van der Waals surface area contributed by atoms with E-state index >= 15 is 0 Å². The van der Waals surface area contributed by atoms with E-state index in [0.717, 1.165) is 20.0 Å². The molecule has 3 heteroatoms. The normalized spacial score (nSPS) is 25.3. The molecule has 0 aliphatic heterocycles. The van der Waals surface area contributed by atoms with Gasteiger partial charge in [0.2, 0.25) is 0 Å². The molecule has 1 aliphatic rings. The summed E-state index contributed by atoms with van der Waals surface area (Å²) >= 11 is 0. The molecule has 0 aromatic heterocycles. The van der Waals surface area contributed by atoms with Gasteiger partial charge in [-0.15, -0.1) is 0 Å². The fourth-order valence-corrected chi connectivity index (χ4v) is 2.99. The van der Waals surface area contributed by atoms with E-state index in [1.165, 1.54) is 38.5 Å². The van der Waals surface area contributed by atoms with Gasteiger partial charge in [-0.3, -0.25) is 0 Å². The Morgan fingerprint density at radius 2 is 1.61 bits per heavy atom. The van der Waals surface area contributed by atoms with Crippen molar-refractivity contribution in [2.24, 2.45) is 11.8 Å². The lowest BCUT2D eigenvalue weighted by Crippen LogP contribution is -2.33. The van der Waals surface area contributed by atoms with Crippen molar-refractivity contribution >= 4 is 0 Å². The lowest BCUT2D eigenvalue weighted by molar-refractivity contribution is -0.262. The molecule has 1 aliphatic carbocycles. The zero-order valence-electron chi connectivity index (χ0n) is 11.9. The monoisotopic (exact) mass is 262 g/mol. The lowest BCUT2D eigenvalue weighted by Gasteiger charge is -2.32. The Morgan fingerprint density at radius 1 is 1.00 bits per heavy atom. The molecular weight excluding hydrogens is 234 g/mol. The van der Waals surface area contributed by atoms with Crippen LogP contribution in [0.2, 0.25) is 0 Å². The summed E-state index contributed by atoms with van der Waals surface area (Å²) in [6.07, 6.45) is 7.99. The fourth-order valence-electron chi connectivity index (χ4n) is 2.99. The summed E-state index contributed by atoms with van der Waals surface area (Å²) in [6, 6.07) is 0. The molecule has 0 aromatic carbocycles. The molecule has 108 valence electrons. The first-order valence-corrected chi connectivity index (χ1v) is 7.53. The van der Waals surface area contributed by atoms with E-state index in [4.69, 9.17) is 0 Å². The Kier molecular flexibility index (Phi) is 7.13. The van der Waals surface area contributed by atoms with Gasteiger partial charge in [0, 0.05) is 7.11 Å². The maximum absolute atomic E-state index is 13.3. The molecule has 0 aromatic rings. The average molecular weight is 262 g/mol. The van der Waals surface area contributed by atoms with Crippen LogP contribution in [0, 0.1) is 11.8 Å². The number of ether oxygens (including phenoxy) is 1. The van der Waals surface area contributed by atoms with Gasteiger partial charge in [-0.2, -0.15) is 8.78 Å². The summed E-state index contributed by atoms with van der Waals surface area (Å²) in [5.74, 6) is 0.120. The second kappa shape index (κ2) is 8.08. The highest BCUT2D eigenvalue weighted by molar-refractivity contribution is 4.77. The minimum atomic E-state index is -2.91. The van der Waals surface area contributed by atoms with Gasteiger partial charge >= 0.3 is 6.11 Å². The van der Waals surface area contributed by atoms with E-state index < -0.39 is 12.0 Å². The molecule has 0 radical (unpaired) electrons. The predicted molar refractivity (Wildman–Crippen MR) is 70.8 cm³/mol. The minimum Gasteiger partial charge on any atom is -0.324 e. The average Bonchev–Trinajstić information content (AvgIpc) is 2.39. The Bertz CT molecular complexity index is 211. The summed E-state index contributed by atoms with van der Waals surface area (Å²) in [6.45, 7) is 2.22. The van der Waals surface area contributed by atoms with Gasteiger partial charge in [0.15, 0.2) is 0 Å². The first-order valence-electron chi connectivity index (χ1n) is 7.53. The third-order valence-electron chi connectivity index (χ3n) is 4.31. The maximum Gasteiger partial charge on any atom is 0.358 e. The van der Waals surface area contributed by atoms with E-state index in [9.17, 15) is 8.78 Å². The number of hydrogen-bond acceptors (Lipinski definition) is 1. The van der Waals surface area contributed by atoms with Crippen LogP contribution in [-0.4, -0.2) is 13.2 Å². The summed E-state index contributed by atoms with van der Waals surface area (Å²) in [7, 11) is 1.11. The minimum absolute atomic E-state index is 0.557. The first kappa shape index (κ1) is 15.9. The quantitative estimate of drug-likeness (QED) is 0.533. The van der Waals surface area contributed by atoms with Crippen LogP contribution in [0.1, 0.15) is 71.1 Å². The first-order chi connectivity index (χ1) is 8.60. The molecule has 1 rings (SSSR count). The van der Waals surface area contributed by atoms with Gasteiger partial charge in [-0.05, 0) is 31.6 Å². The largest absolute Gasteiger partial charge is 0.358 e. The second-order valence-electron chi connectivity index (χ2n) is 5.69. The van der Waals surface area contributed by atoms with Crippen molar-refractivity contribution < 1.29 is 13.5 Å². The Labute approximate surface area is 110 Å². The van der Waals surface area contributed by atoms with Crippen molar-refractivity contribution in [2.45, 2.75) is 77.2 Å². The van der Waals surface area contributed by atoms with Crippen LogP contribution in [0.15, 0.2) is 0 Å². The van der Waals surface area contributed by atoms with Crippen molar-refractivity contribution in [3.63, 3.8) is 0 Å². The Hall–Kier alpha value is -0.180. The molecule has 0 spiro atoms. The second-order valence-corrected chi connectivity index (χ2v) is 5.69. The van der Waals surface area contributed by atoms with Gasteiger partial charge < -0.3 is 4.74 Å². The van der Waals surface area contributed by atoms with Gasteiger partial charge in [0.25, 0.3) is 0 Å². The van der Waals surface area contributed by atoms with Crippen molar-refractivity contribution in [3.8, 4) is 0 Å². The van der Waals surface area contributed by atoms with Gasteiger partial charge in [0.1, 0.15) is 0 Å².